The molecule has 1 amide bonds. The molecule has 6 heteroatoms. The van der Waals surface area contributed by atoms with Crippen LogP contribution in [-0.4, -0.2) is 43.0 Å². The molecule has 0 saturated carbocycles. The second-order valence-electron chi connectivity index (χ2n) is 5.97. The van der Waals surface area contributed by atoms with E-state index in [1.54, 1.807) is 6.26 Å². The van der Waals surface area contributed by atoms with E-state index in [0.29, 0.717) is 6.54 Å². The number of nitrogens with zero attached hydrogens (tertiary/aromatic N) is 2. The molecule has 2 aromatic rings. The van der Waals surface area contributed by atoms with Crippen molar-refractivity contribution in [2.45, 2.75) is 19.5 Å². The summed E-state index contributed by atoms with van der Waals surface area (Å²) in [4.78, 5) is 16.8. The maximum absolute atomic E-state index is 12.3. The monoisotopic (exact) mass is 347 g/mol. The van der Waals surface area contributed by atoms with Gasteiger partial charge < -0.3 is 14.6 Å². The molecule has 1 aromatic heterocycles. The number of anilines is 1. The summed E-state index contributed by atoms with van der Waals surface area (Å²) in [6.45, 7) is 5.90. The molecule has 128 valence electrons. The fourth-order valence-electron chi connectivity index (χ4n) is 2.92. The van der Waals surface area contributed by atoms with E-state index < -0.39 is 0 Å². The number of amides is 1. The van der Waals surface area contributed by atoms with Crippen LogP contribution in [0, 0.1) is 0 Å². The summed E-state index contributed by atoms with van der Waals surface area (Å²) < 4.78 is 5.24. The van der Waals surface area contributed by atoms with E-state index >= 15 is 0 Å². The van der Waals surface area contributed by atoms with Gasteiger partial charge in [-0.25, -0.2) is 0 Å². The molecular weight excluding hydrogens is 326 g/mol. The van der Waals surface area contributed by atoms with Crippen molar-refractivity contribution in [2.75, 3.05) is 31.1 Å². The standard InChI is InChI=1S/C18H22ClN3O2/c1-14(18(23)20-13-17-3-2-12-24-17)21-8-10-22(11-9-21)16-6-4-15(19)5-7-16/h2-7,12,14H,8-11,13H2,1H3,(H,20,23)/t14-/m1/s1. The molecule has 1 aliphatic heterocycles. The number of benzene rings is 1. The summed E-state index contributed by atoms with van der Waals surface area (Å²) >= 11 is 5.94. The molecule has 1 N–H and O–H groups in total. The van der Waals surface area contributed by atoms with Gasteiger partial charge in [0, 0.05) is 36.9 Å². The first-order valence-electron chi connectivity index (χ1n) is 8.18. The van der Waals surface area contributed by atoms with Gasteiger partial charge in [0.2, 0.25) is 5.91 Å². The average molecular weight is 348 g/mol. The van der Waals surface area contributed by atoms with Crippen molar-refractivity contribution in [3.05, 3.63) is 53.4 Å². The fraction of sp³-hybridized carbons (Fsp3) is 0.389. The van der Waals surface area contributed by atoms with Crippen molar-refractivity contribution >= 4 is 23.2 Å². The number of nitrogens with one attached hydrogen (secondary N) is 1. The fourth-order valence-corrected chi connectivity index (χ4v) is 3.05. The zero-order valence-corrected chi connectivity index (χ0v) is 14.5. The molecule has 1 atom stereocenters. The quantitative estimate of drug-likeness (QED) is 0.903. The molecule has 0 unspecified atom stereocenters. The number of rotatable bonds is 5. The lowest BCUT2D eigenvalue weighted by Crippen LogP contribution is -2.53. The molecule has 2 heterocycles. The Morgan fingerprint density at radius 2 is 1.92 bits per heavy atom. The van der Waals surface area contributed by atoms with Gasteiger partial charge >= 0.3 is 0 Å². The lowest BCUT2D eigenvalue weighted by molar-refractivity contribution is -0.126. The van der Waals surface area contributed by atoms with E-state index in [1.165, 1.54) is 5.69 Å². The topological polar surface area (TPSA) is 48.7 Å². The van der Waals surface area contributed by atoms with Crippen molar-refractivity contribution < 1.29 is 9.21 Å². The van der Waals surface area contributed by atoms with Crippen LogP contribution in [-0.2, 0) is 11.3 Å². The summed E-state index contributed by atoms with van der Waals surface area (Å²) in [5, 5.41) is 3.68. The van der Waals surface area contributed by atoms with Crippen molar-refractivity contribution in [1.82, 2.24) is 10.2 Å². The summed E-state index contributed by atoms with van der Waals surface area (Å²) in [5.74, 6) is 0.800. The first kappa shape index (κ1) is 16.9. The Hall–Kier alpha value is -1.98. The Labute approximate surface area is 147 Å². The van der Waals surface area contributed by atoms with Gasteiger partial charge in [-0.05, 0) is 43.3 Å². The minimum atomic E-state index is -0.146. The predicted octanol–water partition coefficient (Wildman–Crippen LogP) is 2.76. The van der Waals surface area contributed by atoms with E-state index in [-0.39, 0.29) is 11.9 Å². The molecule has 0 spiro atoms. The molecule has 0 radical (unpaired) electrons. The van der Waals surface area contributed by atoms with Gasteiger partial charge in [0.1, 0.15) is 5.76 Å². The minimum absolute atomic E-state index is 0.0337. The van der Waals surface area contributed by atoms with Crippen LogP contribution in [0.15, 0.2) is 47.1 Å². The van der Waals surface area contributed by atoms with Crippen LogP contribution >= 0.6 is 11.6 Å². The van der Waals surface area contributed by atoms with E-state index in [1.807, 2.05) is 43.3 Å². The Morgan fingerprint density at radius 3 is 2.54 bits per heavy atom. The van der Waals surface area contributed by atoms with Crippen LogP contribution in [0.3, 0.4) is 0 Å². The third-order valence-corrected chi connectivity index (χ3v) is 4.70. The summed E-state index contributed by atoms with van der Waals surface area (Å²) in [6.07, 6.45) is 1.61. The number of hydrogen-bond acceptors (Lipinski definition) is 4. The van der Waals surface area contributed by atoms with Crippen molar-refractivity contribution in [3.63, 3.8) is 0 Å². The molecule has 1 fully saturated rings. The number of carbonyl (C=O) groups excluding carboxylic acids is 1. The van der Waals surface area contributed by atoms with Crippen molar-refractivity contribution in [1.29, 1.82) is 0 Å². The Kier molecular flexibility index (Phi) is 5.43. The first-order chi connectivity index (χ1) is 11.6. The van der Waals surface area contributed by atoms with Gasteiger partial charge in [0.05, 0.1) is 18.8 Å². The van der Waals surface area contributed by atoms with Crippen molar-refractivity contribution in [2.24, 2.45) is 0 Å². The smallest absolute Gasteiger partial charge is 0.237 e. The molecule has 0 bridgehead atoms. The maximum Gasteiger partial charge on any atom is 0.237 e. The Balaban J connectivity index is 1.48. The highest BCUT2D eigenvalue weighted by Crippen LogP contribution is 2.20. The molecule has 24 heavy (non-hydrogen) atoms. The van der Waals surface area contributed by atoms with Gasteiger partial charge in [-0.3, -0.25) is 9.69 Å². The maximum atomic E-state index is 12.3. The summed E-state index contributed by atoms with van der Waals surface area (Å²) in [7, 11) is 0. The molecule has 5 nitrogen and oxygen atoms in total. The highest BCUT2D eigenvalue weighted by molar-refractivity contribution is 6.30. The van der Waals surface area contributed by atoms with E-state index in [9.17, 15) is 4.79 Å². The van der Waals surface area contributed by atoms with Crippen LogP contribution in [0.25, 0.3) is 0 Å². The van der Waals surface area contributed by atoms with E-state index in [2.05, 4.69) is 15.1 Å². The van der Waals surface area contributed by atoms with Gasteiger partial charge in [-0.2, -0.15) is 0 Å². The number of piperazine rings is 1. The third-order valence-electron chi connectivity index (χ3n) is 4.45. The van der Waals surface area contributed by atoms with E-state index in [4.69, 9.17) is 16.0 Å². The first-order valence-corrected chi connectivity index (χ1v) is 8.56. The largest absolute Gasteiger partial charge is 0.467 e. The molecular formula is C18H22ClN3O2. The zero-order chi connectivity index (χ0) is 16.9. The van der Waals surface area contributed by atoms with Gasteiger partial charge in [-0.1, -0.05) is 11.6 Å². The minimum Gasteiger partial charge on any atom is -0.467 e. The summed E-state index contributed by atoms with van der Waals surface area (Å²) in [6, 6.07) is 11.4. The van der Waals surface area contributed by atoms with Gasteiger partial charge in [0.25, 0.3) is 0 Å². The SMILES string of the molecule is C[C@H](C(=O)NCc1ccco1)N1CCN(c2ccc(Cl)cc2)CC1. The second kappa shape index (κ2) is 7.73. The molecule has 1 aliphatic rings. The number of carbonyl (C=O) groups is 1. The van der Waals surface area contributed by atoms with E-state index in [0.717, 1.165) is 37.0 Å². The molecule has 1 saturated heterocycles. The molecule has 1 aromatic carbocycles. The van der Waals surface area contributed by atoms with Crippen LogP contribution in [0.1, 0.15) is 12.7 Å². The highest BCUT2D eigenvalue weighted by Gasteiger charge is 2.25. The molecule has 0 aliphatic carbocycles. The highest BCUT2D eigenvalue weighted by atomic mass is 35.5. The van der Waals surface area contributed by atoms with Gasteiger partial charge in [-0.15, -0.1) is 0 Å². The zero-order valence-electron chi connectivity index (χ0n) is 13.7. The van der Waals surface area contributed by atoms with Crippen LogP contribution < -0.4 is 10.2 Å². The third kappa shape index (κ3) is 4.10. The predicted molar refractivity (Wildman–Crippen MR) is 95.3 cm³/mol. The number of furan rings is 1. The molecule has 3 rings (SSSR count). The Morgan fingerprint density at radius 1 is 1.21 bits per heavy atom. The number of hydrogen-bond donors (Lipinski definition) is 1. The lowest BCUT2D eigenvalue weighted by atomic mass is 10.2. The van der Waals surface area contributed by atoms with Crippen molar-refractivity contribution in [3.8, 4) is 0 Å². The lowest BCUT2D eigenvalue weighted by Gasteiger charge is -2.38. The van der Waals surface area contributed by atoms with Gasteiger partial charge in [0.15, 0.2) is 0 Å². The average Bonchev–Trinajstić information content (AvgIpc) is 3.13. The van der Waals surface area contributed by atoms with Crippen LogP contribution in [0.4, 0.5) is 5.69 Å². The Bertz CT molecular complexity index is 649. The van der Waals surface area contributed by atoms with Crippen LogP contribution in [0.5, 0.6) is 0 Å². The number of halogens is 1. The van der Waals surface area contributed by atoms with Crippen LogP contribution in [0.2, 0.25) is 5.02 Å². The second-order valence-corrected chi connectivity index (χ2v) is 6.41. The summed E-state index contributed by atoms with van der Waals surface area (Å²) in [5.41, 5.74) is 1.17. The normalized spacial score (nSPS) is 16.8.